The van der Waals surface area contributed by atoms with Crippen LogP contribution in [0.4, 0.5) is 4.79 Å². The molecule has 0 saturated heterocycles. The Morgan fingerprint density at radius 2 is 1.70 bits per heavy atom. The molecule has 0 radical (unpaired) electrons. The number of nitrogens with zero attached hydrogens (tertiary/aromatic N) is 1. The molecule has 23 heavy (non-hydrogen) atoms. The molecular weight excluding hydrogens is 300 g/mol. The zero-order valence-electron chi connectivity index (χ0n) is 14.8. The van der Waals surface area contributed by atoms with E-state index in [1.165, 1.54) is 4.90 Å². The molecule has 7 heteroatoms. The van der Waals surface area contributed by atoms with Crippen LogP contribution in [0.2, 0.25) is 0 Å². The first kappa shape index (κ1) is 20.9. The van der Waals surface area contributed by atoms with Crippen LogP contribution in [0.5, 0.6) is 0 Å². The molecule has 0 fully saturated rings. The quantitative estimate of drug-likeness (QED) is 0.438. The van der Waals surface area contributed by atoms with Gasteiger partial charge in [-0.3, -0.25) is 0 Å². The molecular formula is C16H28N2O5. The zero-order chi connectivity index (χ0) is 18.0. The molecule has 0 aliphatic rings. The Kier molecular flexibility index (Phi) is 8.98. The van der Waals surface area contributed by atoms with Crippen LogP contribution in [0.1, 0.15) is 41.0 Å². The van der Waals surface area contributed by atoms with Gasteiger partial charge >= 0.3 is 18.0 Å². The van der Waals surface area contributed by atoms with Crippen molar-refractivity contribution in [2.45, 2.75) is 52.7 Å². The Balaban J connectivity index is 3.94. The van der Waals surface area contributed by atoms with Crippen LogP contribution in [-0.4, -0.2) is 54.7 Å². The second-order valence-electron chi connectivity index (χ2n) is 6.44. The fourth-order valence-electron chi connectivity index (χ4n) is 1.45. The molecule has 7 nitrogen and oxygen atoms in total. The summed E-state index contributed by atoms with van der Waals surface area (Å²) >= 11 is 0. The van der Waals surface area contributed by atoms with Gasteiger partial charge in [0, 0.05) is 31.3 Å². The number of esters is 2. The van der Waals surface area contributed by atoms with E-state index in [0.29, 0.717) is 13.0 Å². The van der Waals surface area contributed by atoms with E-state index in [-0.39, 0.29) is 24.3 Å². The molecule has 0 heterocycles. The van der Waals surface area contributed by atoms with Crippen molar-refractivity contribution in [2.24, 2.45) is 0 Å². The topological polar surface area (TPSA) is 84.9 Å². The third kappa shape index (κ3) is 12.2. The number of hydrogen-bond acceptors (Lipinski definition) is 5. The third-order valence-corrected chi connectivity index (χ3v) is 2.42. The van der Waals surface area contributed by atoms with Crippen LogP contribution in [-0.2, 0) is 19.1 Å². The number of amides is 2. The highest BCUT2D eigenvalue weighted by Crippen LogP contribution is 2.00. The highest BCUT2D eigenvalue weighted by molar-refractivity contribution is 5.91. The lowest BCUT2D eigenvalue weighted by Crippen LogP contribution is -2.47. The predicted molar refractivity (Wildman–Crippen MR) is 86.9 cm³/mol. The van der Waals surface area contributed by atoms with Crippen LogP contribution in [0, 0.1) is 0 Å². The van der Waals surface area contributed by atoms with Crippen molar-refractivity contribution in [3.63, 3.8) is 0 Å². The molecule has 2 amide bonds. The molecule has 0 aromatic carbocycles. The standard InChI is InChI=1S/C16H28N2O5/c1-12(2)23-14(20)9-8-13(19)22-11-7-10-18(6)15(21)17-16(3,4)5/h8-9,12H,7,10-11H2,1-6H3,(H,17,21)/b9-8+. The third-order valence-electron chi connectivity index (χ3n) is 2.42. The van der Waals surface area contributed by atoms with Crippen molar-refractivity contribution in [3.8, 4) is 0 Å². The maximum absolute atomic E-state index is 11.8. The number of carbonyl (C=O) groups excluding carboxylic acids is 3. The van der Waals surface area contributed by atoms with Crippen LogP contribution in [0.25, 0.3) is 0 Å². The second kappa shape index (κ2) is 9.86. The van der Waals surface area contributed by atoms with E-state index < -0.39 is 11.9 Å². The Morgan fingerprint density at radius 1 is 1.13 bits per heavy atom. The summed E-state index contributed by atoms with van der Waals surface area (Å²) in [5, 5.41) is 2.83. The molecule has 0 spiro atoms. The highest BCUT2D eigenvalue weighted by atomic mass is 16.5. The minimum atomic E-state index is -0.618. The number of ether oxygens (including phenoxy) is 2. The van der Waals surface area contributed by atoms with Crippen molar-refractivity contribution < 1.29 is 23.9 Å². The Bertz CT molecular complexity index is 438. The van der Waals surface area contributed by atoms with Crippen molar-refractivity contribution in [3.05, 3.63) is 12.2 Å². The fourth-order valence-corrected chi connectivity index (χ4v) is 1.45. The van der Waals surface area contributed by atoms with Crippen molar-refractivity contribution >= 4 is 18.0 Å². The van der Waals surface area contributed by atoms with Gasteiger partial charge in [-0.1, -0.05) is 0 Å². The summed E-state index contributed by atoms with van der Waals surface area (Å²) in [5.74, 6) is -1.21. The van der Waals surface area contributed by atoms with E-state index in [1.807, 2.05) is 20.8 Å². The maximum Gasteiger partial charge on any atom is 0.331 e. The first-order chi connectivity index (χ1) is 10.5. The van der Waals surface area contributed by atoms with Gasteiger partial charge in [0.25, 0.3) is 0 Å². The van der Waals surface area contributed by atoms with E-state index in [4.69, 9.17) is 9.47 Å². The summed E-state index contributed by atoms with van der Waals surface area (Å²) in [6, 6.07) is -0.180. The first-order valence-corrected chi connectivity index (χ1v) is 7.60. The van der Waals surface area contributed by atoms with Gasteiger partial charge in [0.2, 0.25) is 0 Å². The summed E-state index contributed by atoms with van der Waals surface area (Å²) in [6.07, 6.45) is 2.33. The Hall–Kier alpha value is -2.05. The molecule has 132 valence electrons. The molecule has 0 atom stereocenters. The number of urea groups is 1. The lowest BCUT2D eigenvalue weighted by atomic mass is 10.1. The van der Waals surface area contributed by atoms with Crippen molar-refractivity contribution in [1.29, 1.82) is 0 Å². The van der Waals surface area contributed by atoms with Gasteiger partial charge in [-0.2, -0.15) is 0 Å². The summed E-state index contributed by atoms with van der Waals surface area (Å²) in [7, 11) is 1.67. The summed E-state index contributed by atoms with van der Waals surface area (Å²) in [5.41, 5.74) is -0.298. The van der Waals surface area contributed by atoms with E-state index in [9.17, 15) is 14.4 Å². The predicted octanol–water partition coefficient (Wildman–Crippen LogP) is 1.87. The molecule has 1 N–H and O–H groups in total. The molecule has 0 unspecified atom stereocenters. The highest BCUT2D eigenvalue weighted by Gasteiger charge is 2.16. The number of nitrogens with one attached hydrogen (secondary N) is 1. The average Bonchev–Trinajstić information content (AvgIpc) is 2.38. The summed E-state index contributed by atoms with van der Waals surface area (Å²) in [4.78, 5) is 35.9. The van der Waals surface area contributed by atoms with Gasteiger partial charge in [0.1, 0.15) is 0 Å². The fraction of sp³-hybridized carbons (Fsp3) is 0.688. The van der Waals surface area contributed by atoms with Crippen molar-refractivity contribution in [2.75, 3.05) is 20.2 Å². The Labute approximate surface area is 138 Å². The van der Waals surface area contributed by atoms with Gasteiger partial charge in [-0.25, -0.2) is 14.4 Å². The molecule has 0 rings (SSSR count). The number of rotatable bonds is 7. The molecule has 0 aliphatic carbocycles. The van der Waals surface area contributed by atoms with Gasteiger partial charge in [-0.15, -0.1) is 0 Å². The van der Waals surface area contributed by atoms with Crippen LogP contribution in [0.15, 0.2) is 12.2 Å². The summed E-state index contributed by atoms with van der Waals surface area (Å²) < 4.78 is 9.78. The minimum absolute atomic E-state index is 0.162. The SMILES string of the molecule is CC(C)OC(=O)/C=C/C(=O)OCCCN(C)C(=O)NC(C)(C)C. The first-order valence-electron chi connectivity index (χ1n) is 7.60. The number of hydrogen-bond donors (Lipinski definition) is 1. The van der Waals surface area contributed by atoms with E-state index in [0.717, 1.165) is 12.2 Å². The van der Waals surface area contributed by atoms with Gasteiger partial charge in [0.05, 0.1) is 12.7 Å². The maximum atomic E-state index is 11.8. The summed E-state index contributed by atoms with van der Waals surface area (Å²) in [6.45, 7) is 9.75. The van der Waals surface area contributed by atoms with Gasteiger partial charge in [-0.05, 0) is 41.0 Å². The van der Waals surface area contributed by atoms with Crippen LogP contribution in [0.3, 0.4) is 0 Å². The zero-order valence-corrected chi connectivity index (χ0v) is 14.8. The molecule has 0 aromatic heterocycles. The normalized spacial score (nSPS) is 11.4. The van der Waals surface area contributed by atoms with E-state index >= 15 is 0 Å². The van der Waals surface area contributed by atoms with Crippen LogP contribution >= 0.6 is 0 Å². The molecule has 0 bridgehead atoms. The lowest BCUT2D eigenvalue weighted by molar-refractivity contribution is -0.142. The van der Waals surface area contributed by atoms with Gasteiger partial charge in [0.15, 0.2) is 0 Å². The lowest BCUT2D eigenvalue weighted by Gasteiger charge is -2.25. The Morgan fingerprint density at radius 3 is 2.22 bits per heavy atom. The molecule has 0 aliphatic heterocycles. The monoisotopic (exact) mass is 328 g/mol. The van der Waals surface area contributed by atoms with Crippen LogP contribution < -0.4 is 5.32 Å². The van der Waals surface area contributed by atoms with Gasteiger partial charge < -0.3 is 19.7 Å². The smallest absolute Gasteiger partial charge is 0.331 e. The minimum Gasteiger partial charge on any atom is -0.462 e. The second-order valence-corrected chi connectivity index (χ2v) is 6.44. The largest absolute Gasteiger partial charge is 0.462 e. The number of carbonyl (C=O) groups is 3. The van der Waals surface area contributed by atoms with E-state index in [1.54, 1.807) is 20.9 Å². The molecule has 0 aromatic rings. The molecule has 0 saturated carbocycles. The van der Waals surface area contributed by atoms with Crippen molar-refractivity contribution in [1.82, 2.24) is 10.2 Å². The average molecular weight is 328 g/mol. The van der Waals surface area contributed by atoms with E-state index in [2.05, 4.69) is 5.32 Å².